The fourth-order valence-corrected chi connectivity index (χ4v) is 1.59. The van der Waals surface area contributed by atoms with Gasteiger partial charge >= 0.3 is 0 Å². The summed E-state index contributed by atoms with van der Waals surface area (Å²) >= 11 is 0. The van der Waals surface area contributed by atoms with E-state index in [0.717, 1.165) is 0 Å². The highest BCUT2D eigenvalue weighted by Gasteiger charge is 2.69. The van der Waals surface area contributed by atoms with Crippen molar-refractivity contribution in [2.75, 3.05) is 6.54 Å². The minimum atomic E-state index is -2.60. The van der Waals surface area contributed by atoms with Crippen LogP contribution in [0.4, 0.5) is 8.78 Å². The molecule has 1 aromatic heterocycles. The summed E-state index contributed by atoms with van der Waals surface area (Å²) in [5.74, 6) is -2.60. The van der Waals surface area contributed by atoms with Crippen LogP contribution in [0.25, 0.3) is 0 Å². The van der Waals surface area contributed by atoms with Crippen LogP contribution in [0.3, 0.4) is 0 Å². The third-order valence-corrected chi connectivity index (χ3v) is 2.81. The first-order valence-corrected chi connectivity index (χ1v) is 4.38. The average Bonchev–Trinajstić information content (AvgIpc) is 2.56. The molecule has 14 heavy (non-hydrogen) atoms. The van der Waals surface area contributed by atoms with E-state index < -0.39 is 11.3 Å². The van der Waals surface area contributed by atoms with Crippen LogP contribution in [0, 0.1) is 5.41 Å². The molecule has 5 nitrogen and oxygen atoms in total. The quantitative estimate of drug-likeness (QED) is 0.750. The van der Waals surface area contributed by atoms with Crippen LogP contribution < -0.4 is 5.73 Å². The van der Waals surface area contributed by atoms with Gasteiger partial charge in [0.1, 0.15) is 6.33 Å². The lowest BCUT2D eigenvalue weighted by Gasteiger charge is -2.12. The van der Waals surface area contributed by atoms with Gasteiger partial charge in [0.25, 0.3) is 5.92 Å². The predicted molar refractivity (Wildman–Crippen MR) is 43.5 cm³/mol. The summed E-state index contributed by atoms with van der Waals surface area (Å²) in [5.41, 5.74) is 4.33. The van der Waals surface area contributed by atoms with Crippen LogP contribution in [0.2, 0.25) is 0 Å². The highest BCUT2D eigenvalue weighted by atomic mass is 19.3. The molecule has 7 heteroatoms. The molecule has 2 N–H and O–H groups in total. The van der Waals surface area contributed by atoms with E-state index in [1.54, 1.807) is 0 Å². The highest BCUT2D eigenvalue weighted by Crippen LogP contribution is 2.62. The number of hydrogen-bond donors (Lipinski definition) is 1. The zero-order valence-electron chi connectivity index (χ0n) is 7.53. The maximum absolute atomic E-state index is 12.9. The molecule has 0 aromatic carbocycles. The van der Waals surface area contributed by atoms with E-state index in [1.807, 2.05) is 0 Å². The standard InChI is InChI=1S/C7H11F2N5/c8-7(9)3-6(7,4-10)1-2-14-5-11-12-13-14/h5H,1-4,10H2. The molecule has 1 fully saturated rings. The van der Waals surface area contributed by atoms with Crippen molar-refractivity contribution in [2.24, 2.45) is 11.1 Å². The zero-order chi connectivity index (χ0) is 10.2. The Morgan fingerprint density at radius 1 is 1.50 bits per heavy atom. The molecule has 1 heterocycles. The van der Waals surface area contributed by atoms with Crippen molar-refractivity contribution in [3.05, 3.63) is 6.33 Å². The molecule has 1 aliphatic carbocycles. The molecule has 0 amide bonds. The molecule has 0 bridgehead atoms. The second-order valence-corrected chi connectivity index (χ2v) is 3.69. The molecule has 1 aromatic rings. The number of nitrogens with zero attached hydrogens (tertiary/aromatic N) is 4. The molecule has 1 aliphatic rings. The summed E-state index contributed by atoms with van der Waals surface area (Å²) < 4.78 is 27.3. The van der Waals surface area contributed by atoms with Gasteiger partial charge < -0.3 is 5.73 Å². The maximum Gasteiger partial charge on any atom is 0.255 e. The van der Waals surface area contributed by atoms with Crippen LogP contribution in [-0.4, -0.2) is 32.7 Å². The third-order valence-electron chi connectivity index (χ3n) is 2.81. The average molecular weight is 203 g/mol. The van der Waals surface area contributed by atoms with E-state index in [-0.39, 0.29) is 13.0 Å². The van der Waals surface area contributed by atoms with Crippen molar-refractivity contribution in [1.29, 1.82) is 0 Å². The largest absolute Gasteiger partial charge is 0.330 e. The molecule has 0 spiro atoms. The molecule has 78 valence electrons. The van der Waals surface area contributed by atoms with E-state index in [2.05, 4.69) is 15.5 Å². The summed E-state index contributed by atoms with van der Waals surface area (Å²) in [6, 6.07) is 0. The number of nitrogens with two attached hydrogens (primary N) is 1. The maximum atomic E-state index is 12.9. The number of alkyl halides is 2. The molecular formula is C7H11F2N5. The number of rotatable bonds is 4. The lowest BCUT2D eigenvalue weighted by Crippen LogP contribution is -2.24. The van der Waals surface area contributed by atoms with Gasteiger partial charge in [-0.3, -0.25) is 0 Å². The Morgan fingerprint density at radius 3 is 2.64 bits per heavy atom. The second-order valence-electron chi connectivity index (χ2n) is 3.69. The SMILES string of the molecule is NCC1(CCn2cnnn2)CC1(F)F. The Morgan fingerprint density at radius 2 is 2.21 bits per heavy atom. The fourth-order valence-electron chi connectivity index (χ4n) is 1.59. The Balaban J connectivity index is 1.92. The van der Waals surface area contributed by atoms with Crippen molar-refractivity contribution in [3.63, 3.8) is 0 Å². The first-order chi connectivity index (χ1) is 6.60. The fraction of sp³-hybridized carbons (Fsp3) is 0.857. The van der Waals surface area contributed by atoms with Gasteiger partial charge in [0, 0.05) is 19.5 Å². The third kappa shape index (κ3) is 1.37. The van der Waals surface area contributed by atoms with Gasteiger partial charge in [-0.1, -0.05) is 0 Å². The normalized spacial score (nSPS) is 29.1. The summed E-state index contributed by atoms with van der Waals surface area (Å²) in [7, 11) is 0. The molecule has 0 aliphatic heterocycles. The summed E-state index contributed by atoms with van der Waals surface area (Å²) in [6.07, 6.45) is 1.62. The van der Waals surface area contributed by atoms with Crippen molar-refractivity contribution < 1.29 is 8.78 Å². The monoisotopic (exact) mass is 203 g/mol. The second kappa shape index (κ2) is 2.94. The minimum Gasteiger partial charge on any atom is -0.330 e. The number of aromatic nitrogens is 4. The van der Waals surface area contributed by atoms with E-state index in [4.69, 9.17) is 5.73 Å². The van der Waals surface area contributed by atoms with Crippen LogP contribution in [-0.2, 0) is 6.54 Å². The smallest absolute Gasteiger partial charge is 0.255 e. The van der Waals surface area contributed by atoms with Gasteiger partial charge in [0.15, 0.2) is 0 Å². The Labute approximate surface area is 79.3 Å². The lowest BCUT2D eigenvalue weighted by atomic mass is 10.0. The Bertz CT molecular complexity index is 312. The Kier molecular flexibility index (Phi) is 1.99. The van der Waals surface area contributed by atoms with Gasteiger partial charge in [-0.15, -0.1) is 5.10 Å². The molecule has 0 saturated heterocycles. The minimum absolute atomic E-state index is 0.0160. The number of hydrogen-bond acceptors (Lipinski definition) is 4. The first-order valence-electron chi connectivity index (χ1n) is 4.38. The highest BCUT2D eigenvalue weighted by molar-refractivity contribution is 5.10. The molecule has 0 radical (unpaired) electrons. The van der Waals surface area contributed by atoms with E-state index in [9.17, 15) is 8.78 Å². The van der Waals surface area contributed by atoms with E-state index in [1.165, 1.54) is 11.0 Å². The van der Waals surface area contributed by atoms with Gasteiger partial charge in [0.05, 0.1) is 5.41 Å². The summed E-state index contributed by atoms with van der Waals surface area (Å²) in [5, 5.41) is 10.4. The van der Waals surface area contributed by atoms with Crippen molar-refractivity contribution in [2.45, 2.75) is 25.3 Å². The van der Waals surface area contributed by atoms with Crippen LogP contribution in [0.5, 0.6) is 0 Å². The van der Waals surface area contributed by atoms with Crippen LogP contribution in [0.15, 0.2) is 6.33 Å². The number of halogens is 2. The van der Waals surface area contributed by atoms with Gasteiger partial charge in [0.2, 0.25) is 0 Å². The van der Waals surface area contributed by atoms with Gasteiger partial charge in [-0.25, -0.2) is 13.5 Å². The molecule has 1 unspecified atom stereocenters. The number of aryl methyl sites for hydroxylation is 1. The van der Waals surface area contributed by atoms with Crippen molar-refractivity contribution in [3.8, 4) is 0 Å². The summed E-state index contributed by atoms with van der Waals surface area (Å²) in [6.45, 7) is 0.405. The molecule has 2 rings (SSSR count). The van der Waals surface area contributed by atoms with Gasteiger partial charge in [-0.05, 0) is 16.8 Å². The Hall–Kier alpha value is -1.11. The van der Waals surface area contributed by atoms with Crippen molar-refractivity contribution in [1.82, 2.24) is 20.2 Å². The van der Waals surface area contributed by atoms with Crippen LogP contribution in [0.1, 0.15) is 12.8 Å². The zero-order valence-corrected chi connectivity index (χ0v) is 7.53. The predicted octanol–water partition coefficient (Wildman–Crippen LogP) is 0.0473. The summed E-state index contributed by atoms with van der Waals surface area (Å²) in [4.78, 5) is 0. The van der Waals surface area contributed by atoms with Gasteiger partial charge in [-0.2, -0.15) is 0 Å². The van der Waals surface area contributed by atoms with E-state index >= 15 is 0 Å². The topological polar surface area (TPSA) is 69.6 Å². The number of tetrazole rings is 1. The lowest BCUT2D eigenvalue weighted by molar-refractivity contribution is 0.0612. The van der Waals surface area contributed by atoms with E-state index in [0.29, 0.717) is 13.0 Å². The van der Waals surface area contributed by atoms with Crippen molar-refractivity contribution >= 4 is 0 Å². The molecular weight excluding hydrogens is 192 g/mol. The molecule has 1 atom stereocenters. The van der Waals surface area contributed by atoms with Crippen LogP contribution >= 0.6 is 0 Å². The first kappa shape index (κ1) is 9.45. The molecule has 1 saturated carbocycles.